The van der Waals surface area contributed by atoms with Gasteiger partial charge >= 0.3 is 0 Å². The number of amides is 2. The Balaban J connectivity index is 1.61. The molecule has 0 spiro atoms. The number of hydrogen-bond acceptors (Lipinski definition) is 5. The Bertz CT molecular complexity index is 898. The summed E-state index contributed by atoms with van der Waals surface area (Å²) < 4.78 is 11.2. The molecule has 2 amide bonds. The number of nitrogens with zero attached hydrogens (tertiary/aromatic N) is 1. The van der Waals surface area contributed by atoms with Crippen molar-refractivity contribution in [3.05, 3.63) is 53.6 Å². The fourth-order valence-electron chi connectivity index (χ4n) is 3.78. The maximum atomic E-state index is 12.7. The first kappa shape index (κ1) is 22.6. The Morgan fingerprint density at radius 2 is 1.77 bits per heavy atom. The fraction of sp³-hybridized carbons (Fsp3) is 0.417. The van der Waals surface area contributed by atoms with E-state index < -0.39 is 0 Å². The molecule has 2 aromatic rings. The van der Waals surface area contributed by atoms with Gasteiger partial charge < -0.3 is 20.5 Å². The maximum absolute atomic E-state index is 12.7. The molecule has 1 atom stereocenters. The molecule has 1 unspecified atom stereocenters. The van der Waals surface area contributed by atoms with Crippen molar-refractivity contribution in [1.82, 2.24) is 4.90 Å². The first-order valence-corrected chi connectivity index (χ1v) is 10.8. The summed E-state index contributed by atoms with van der Waals surface area (Å²) in [5, 5.41) is 2.92. The van der Waals surface area contributed by atoms with Crippen LogP contribution < -0.4 is 20.5 Å². The van der Waals surface area contributed by atoms with E-state index in [1.165, 1.54) is 0 Å². The molecule has 0 aliphatic carbocycles. The average molecular weight is 426 g/mol. The number of anilines is 1. The highest BCUT2D eigenvalue weighted by Crippen LogP contribution is 2.29. The quantitative estimate of drug-likeness (QED) is 0.642. The van der Waals surface area contributed by atoms with Crippen LogP contribution in [-0.4, -0.2) is 43.0 Å². The van der Waals surface area contributed by atoms with Crippen LogP contribution in [-0.2, 0) is 11.3 Å². The summed E-state index contributed by atoms with van der Waals surface area (Å²) in [6, 6.07) is 12.9. The Morgan fingerprint density at radius 1 is 1.06 bits per heavy atom. The third kappa shape index (κ3) is 6.21. The molecule has 1 fully saturated rings. The molecule has 7 heteroatoms. The van der Waals surface area contributed by atoms with Gasteiger partial charge in [0.2, 0.25) is 5.91 Å². The van der Waals surface area contributed by atoms with Gasteiger partial charge in [-0.2, -0.15) is 0 Å². The molecule has 1 saturated heterocycles. The van der Waals surface area contributed by atoms with Gasteiger partial charge in [0.05, 0.1) is 19.1 Å². The summed E-state index contributed by atoms with van der Waals surface area (Å²) in [5.41, 5.74) is 7.81. The van der Waals surface area contributed by atoms with Gasteiger partial charge in [-0.15, -0.1) is 0 Å². The number of nitrogens with two attached hydrogens (primary N) is 1. The van der Waals surface area contributed by atoms with E-state index in [9.17, 15) is 9.59 Å². The minimum Gasteiger partial charge on any atom is -0.490 e. The van der Waals surface area contributed by atoms with Gasteiger partial charge in [0.1, 0.15) is 0 Å². The maximum Gasteiger partial charge on any atom is 0.255 e. The first-order valence-electron chi connectivity index (χ1n) is 10.8. The molecule has 0 aromatic heterocycles. The van der Waals surface area contributed by atoms with Crippen molar-refractivity contribution in [1.29, 1.82) is 0 Å². The predicted molar refractivity (Wildman–Crippen MR) is 120 cm³/mol. The Morgan fingerprint density at radius 3 is 2.45 bits per heavy atom. The van der Waals surface area contributed by atoms with Crippen molar-refractivity contribution in [2.75, 3.05) is 31.6 Å². The number of likely N-dealkylation sites (tertiary alicyclic amines) is 1. The van der Waals surface area contributed by atoms with Gasteiger partial charge in [0.15, 0.2) is 11.5 Å². The van der Waals surface area contributed by atoms with E-state index in [4.69, 9.17) is 15.2 Å². The molecule has 1 heterocycles. The molecule has 0 radical (unpaired) electrons. The summed E-state index contributed by atoms with van der Waals surface area (Å²) >= 11 is 0. The van der Waals surface area contributed by atoms with Crippen molar-refractivity contribution in [2.24, 2.45) is 11.7 Å². The van der Waals surface area contributed by atoms with Crippen LogP contribution in [0.5, 0.6) is 11.5 Å². The first-order chi connectivity index (χ1) is 15.0. The number of benzene rings is 2. The zero-order valence-electron chi connectivity index (χ0n) is 18.2. The van der Waals surface area contributed by atoms with Gasteiger partial charge in [-0.1, -0.05) is 12.1 Å². The van der Waals surface area contributed by atoms with Gasteiger partial charge in [0, 0.05) is 24.3 Å². The van der Waals surface area contributed by atoms with Gasteiger partial charge in [-0.05, 0) is 69.1 Å². The van der Waals surface area contributed by atoms with Crippen molar-refractivity contribution >= 4 is 17.5 Å². The number of hydrogen-bond donors (Lipinski definition) is 2. The molecule has 3 rings (SSSR count). The molecule has 1 aliphatic heterocycles. The highest BCUT2D eigenvalue weighted by molar-refractivity contribution is 6.04. The molecule has 3 N–H and O–H groups in total. The van der Waals surface area contributed by atoms with Gasteiger partial charge in [0.25, 0.3) is 5.91 Å². The molecular weight excluding hydrogens is 394 g/mol. The molecule has 0 saturated carbocycles. The number of primary amides is 1. The summed E-state index contributed by atoms with van der Waals surface area (Å²) in [7, 11) is 0. The molecule has 31 heavy (non-hydrogen) atoms. The SMILES string of the molecule is CCOc1ccc(C(=O)Nc2ccc(CN3CCCC(C(N)=O)C3)cc2)cc1OCC. The van der Waals surface area contributed by atoms with Crippen molar-refractivity contribution in [2.45, 2.75) is 33.2 Å². The normalized spacial score (nSPS) is 16.5. The summed E-state index contributed by atoms with van der Waals surface area (Å²) in [5.74, 6) is 0.689. The zero-order valence-corrected chi connectivity index (χ0v) is 18.2. The lowest BCUT2D eigenvalue weighted by Crippen LogP contribution is -2.40. The number of carbonyl (C=O) groups is 2. The Hall–Kier alpha value is -3.06. The van der Waals surface area contributed by atoms with Crippen LogP contribution in [0.15, 0.2) is 42.5 Å². The van der Waals surface area contributed by atoms with Crippen LogP contribution in [0.1, 0.15) is 42.6 Å². The highest BCUT2D eigenvalue weighted by atomic mass is 16.5. The monoisotopic (exact) mass is 425 g/mol. The van der Waals surface area contributed by atoms with Gasteiger partial charge in [-0.3, -0.25) is 14.5 Å². The van der Waals surface area contributed by atoms with E-state index in [2.05, 4.69) is 10.2 Å². The number of carbonyl (C=O) groups excluding carboxylic acids is 2. The summed E-state index contributed by atoms with van der Waals surface area (Å²) in [4.78, 5) is 26.4. The van der Waals surface area contributed by atoms with Crippen LogP contribution in [0.25, 0.3) is 0 Å². The second kappa shape index (κ2) is 10.8. The third-order valence-corrected chi connectivity index (χ3v) is 5.33. The molecular formula is C24H31N3O4. The van der Waals surface area contributed by atoms with E-state index in [1.54, 1.807) is 18.2 Å². The largest absolute Gasteiger partial charge is 0.490 e. The second-order valence-electron chi connectivity index (χ2n) is 7.66. The lowest BCUT2D eigenvalue weighted by atomic mass is 9.97. The number of rotatable bonds is 9. The summed E-state index contributed by atoms with van der Waals surface area (Å²) in [6.45, 7) is 7.23. The molecule has 7 nitrogen and oxygen atoms in total. The fourth-order valence-corrected chi connectivity index (χ4v) is 3.78. The van der Waals surface area contributed by atoms with Crippen molar-refractivity contribution in [3.8, 4) is 11.5 Å². The average Bonchev–Trinajstić information content (AvgIpc) is 2.77. The zero-order chi connectivity index (χ0) is 22.2. The van der Waals surface area contributed by atoms with Crippen molar-refractivity contribution < 1.29 is 19.1 Å². The van der Waals surface area contributed by atoms with Crippen LogP contribution in [0.3, 0.4) is 0 Å². The van der Waals surface area contributed by atoms with E-state index in [-0.39, 0.29) is 17.7 Å². The minimum atomic E-state index is -0.218. The molecule has 0 bridgehead atoms. The van der Waals surface area contributed by atoms with E-state index in [0.717, 1.165) is 31.5 Å². The standard InChI is InChI=1S/C24H31N3O4/c1-3-30-21-12-9-18(14-22(21)31-4-2)24(29)26-20-10-7-17(8-11-20)15-27-13-5-6-19(16-27)23(25)28/h7-12,14,19H,3-6,13,15-16H2,1-2H3,(H2,25,28)(H,26,29). The number of piperidine rings is 1. The second-order valence-corrected chi connectivity index (χ2v) is 7.66. The predicted octanol–water partition coefficient (Wildman–Crippen LogP) is 3.43. The van der Waals surface area contributed by atoms with Crippen molar-refractivity contribution in [3.63, 3.8) is 0 Å². The van der Waals surface area contributed by atoms with Crippen LogP contribution >= 0.6 is 0 Å². The Kier molecular flexibility index (Phi) is 7.89. The highest BCUT2D eigenvalue weighted by Gasteiger charge is 2.23. The topological polar surface area (TPSA) is 93.9 Å². The molecule has 1 aliphatic rings. The van der Waals surface area contributed by atoms with E-state index in [0.29, 0.717) is 42.5 Å². The van der Waals surface area contributed by atoms with E-state index >= 15 is 0 Å². The van der Waals surface area contributed by atoms with Crippen LogP contribution in [0.2, 0.25) is 0 Å². The molecule has 166 valence electrons. The van der Waals surface area contributed by atoms with Crippen LogP contribution in [0, 0.1) is 5.92 Å². The van der Waals surface area contributed by atoms with E-state index in [1.807, 2.05) is 38.1 Å². The van der Waals surface area contributed by atoms with Gasteiger partial charge in [-0.25, -0.2) is 0 Å². The number of nitrogens with one attached hydrogen (secondary N) is 1. The Labute approximate surface area is 183 Å². The molecule has 2 aromatic carbocycles. The third-order valence-electron chi connectivity index (χ3n) is 5.33. The number of ether oxygens (including phenoxy) is 2. The summed E-state index contributed by atoms with van der Waals surface area (Å²) in [6.07, 6.45) is 1.85. The lowest BCUT2D eigenvalue weighted by molar-refractivity contribution is -0.123. The smallest absolute Gasteiger partial charge is 0.255 e. The minimum absolute atomic E-state index is 0.0667. The lowest BCUT2D eigenvalue weighted by Gasteiger charge is -2.31. The van der Waals surface area contributed by atoms with Crippen LogP contribution in [0.4, 0.5) is 5.69 Å².